The van der Waals surface area contributed by atoms with E-state index in [2.05, 4.69) is 24.1 Å². The summed E-state index contributed by atoms with van der Waals surface area (Å²) in [5, 5.41) is 2.86. The predicted molar refractivity (Wildman–Crippen MR) is 83.9 cm³/mol. The predicted octanol–water partition coefficient (Wildman–Crippen LogP) is 1.92. The Morgan fingerprint density at radius 1 is 1.19 bits per heavy atom. The molecule has 0 bridgehead atoms. The number of benzene rings is 1. The fourth-order valence-electron chi connectivity index (χ4n) is 2.00. The second kappa shape index (κ2) is 10.0. The van der Waals surface area contributed by atoms with Gasteiger partial charge in [0.25, 0.3) is 5.91 Å². The third-order valence-corrected chi connectivity index (χ3v) is 3.30. The zero-order chi connectivity index (χ0) is 15.5. The molecule has 0 saturated heterocycles. The van der Waals surface area contributed by atoms with E-state index in [-0.39, 0.29) is 12.5 Å². The van der Waals surface area contributed by atoms with Crippen molar-refractivity contribution in [1.29, 1.82) is 0 Å². The Morgan fingerprint density at radius 3 is 2.48 bits per heavy atom. The first-order chi connectivity index (χ1) is 10.2. The number of hydrogen-bond acceptors (Lipinski definition) is 4. The fourth-order valence-corrected chi connectivity index (χ4v) is 2.00. The fraction of sp³-hybridized carbons (Fsp3) is 0.562. The van der Waals surface area contributed by atoms with Crippen LogP contribution in [-0.4, -0.2) is 50.7 Å². The van der Waals surface area contributed by atoms with E-state index in [9.17, 15) is 4.79 Å². The molecule has 0 radical (unpaired) electrons. The molecule has 5 nitrogen and oxygen atoms in total. The van der Waals surface area contributed by atoms with Gasteiger partial charge >= 0.3 is 0 Å². The highest BCUT2D eigenvalue weighted by molar-refractivity contribution is 5.77. The third kappa shape index (κ3) is 6.49. The number of hydrogen-bond donors (Lipinski definition) is 1. The second-order valence-electron chi connectivity index (χ2n) is 4.67. The van der Waals surface area contributed by atoms with Crippen molar-refractivity contribution in [3.63, 3.8) is 0 Å². The van der Waals surface area contributed by atoms with E-state index in [4.69, 9.17) is 9.47 Å². The molecule has 0 atom stereocenters. The lowest BCUT2D eigenvalue weighted by atomic mass is 10.3. The van der Waals surface area contributed by atoms with Crippen LogP contribution in [0, 0.1) is 0 Å². The van der Waals surface area contributed by atoms with Gasteiger partial charge in [0.05, 0.1) is 7.11 Å². The Balaban J connectivity index is 2.22. The molecule has 0 saturated carbocycles. The smallest absolute Gasteiger partial charge is 0.257 e. The molecule has 0 unspecified atom stereocenters. The van der Waals surface area contributed by atoms with Crippen molar-refractivity contribution in [3.8, 4) is 11.5 Å². The lowest BCUT2D eigenvalue weighted by molar-refractivity contribution is -0.123. The largest absolute Gasteiger partial charge is 0.493 e. The Labute approximate surface area is 127 Å². The molecule has 0 spiro atoms. The minimum atomic E-state index is -0.111. The van der Waals surface area contributed by atoms with Crippen LogP contribution in [0.3, 0.4) is 0 Å². The van der Waals surface area contributed by atoms with Gasteiger partial charge in [-0.15, -0.1) is 0 Å². The number of carbonyl (C=O) groups excluding carboxylic acids is 1. The number of ether oxygens (including phenoxy) is 2. The molecular formula is C16H26N2O3. The van der Waals surface area contributed by atoms with E-state index in [0.29, 0.717) is 18.0 Å². The Morgan fingerprint density at radius 2 is 1.86 bits per heavy atom. The molecule has 1 amide bonds. The molecule has 5 heteroatoms. The van der Waals surface area contributed by atoms with Crippen LogP contribution >= 0.6 is 0 Å². The maximum atomic E-state index is 11.7. The number of carbonyl (C=O) groups is 1. The summed E-state index contributed by atoms with van der Waals surface area (Å²) in [5.74, 6) is 1.10. The summed E-state index contributed by atoms with van der Waals surface area (Å²) in [6.45, 7) is 8.05. The summed E-state index contributed by atoms with van der Waals surface area (Å²) in [6, 6.07) is 7.29. The van der Waals surface area contributed by atoms with E-state index in [0.717, 1.165) is 26.1 Å². The van der Waals surface area contributed by atoms with Gasteiger partial charge in [-0.3, -0.25) is 4.79 Å². The van der Waals surface area contributed by atoms with Crippen LogP contribution in [0.1, 0.15) is 20.3 Å². The van der Waals surface area contributed by atoms with Gasteiger partial charge in [0.15, 0.2) is 18.1 Å². The number of rotatable bonds is 10. The first-order valence-electron chi connectivity index (χ1n) is 7.46. The quantitative estimate of drug-likeness (QED) is 0.670. The van der Waals surface area contributed by atoms with Gasteiger partial charge in [-0.25, -0.2) is 0 Å². The second-order valence-corrected chi connectivity index (χ2v) is 4.67. The molecule has 0 aliphatic heterocycles. The number of para-hydroxylation sites is 2. The van der Waals surface area contributed by atoms with Crippen LogP contribution in [0.5, 0.6) is 11.5 Å². The van der Waals surface area contributed by atoms with Gasteiger partial charge in [0.2, 0.25) is 0 Å². The van der Waals surface area contributed by atoms with Crippen LogP contribution in [0.15, 0.2) is 24.3 Å². The highest BCUT2D eigenvalue weighted by atomic mass is 16.5. The van der Waals surface area contributed by atoms with Gasteiger partial charge in [-0.1, -0.05) is 26.0 Å². The number of nitrogens with one attached hydrogen (secondary N) is 1. The van der Waals surface area contributed by atoms with E-state index < -0.39 is 0 Å². The standard InChI is InChI=1S/C16H26N2O3/c1-4-18(5-2)12-8-11-17-16(19)13-21-15-10-7-6-9-14(15)20-3/h6-7,9-10H,4-5,8,11-13H2,1-3H3,(H,17,19). The molecule has 1 N–H and O–H groups in total. The first kappa shape index (κ1) is 17.3. The van der Waals surface area contributed by atoms with Crippen molar-refractivity contribution >= 4 is 5.91 Å². The van der Waals surface area contributed by atoms with Gasteiger partial charge < -0.3 is 19.7 Å². The highest BCUT2D eigenvalue weighted by Crippen LogP contribution is 2.25. The highest BCUT2D eigenvalue weighted by Gasteiger charge is 2.06. The van der Waals surface area contributed by atoms with Crippen molar-refractivity contribution in [2.75, 3.05) is 39.9 Å². The molecule has 1 aromatic rings. The van der Waals surface area contributed by atoms with E-state index >= 15 is 0 Å². The minimum absolute atomic E-state index is 0.00560. The number of nitrogens with zero attached hydrogens (tertiary/aromatic N) is 1. The summed E-state index contributed by atoms with van der Waals surface area (Å²) in [5.41, 5.74) is 0. The normalized spacial score (nSPS) is 10.5. The Hall–Kier alpha value is -1.75. The molecule has 1 aromatic carbocycles. The molecule has 0 heterocycles. The van der Waals surface area contributed by atoms with Crippen molar-refractivity contribution in [3.05, 3.63) is 24.3 Å². The first-order valence-corrected chi connectivity index (χ1v) is 7.46. The molecule has 118 valence electrons. The van der Waals surface area contributed by atoms with E-state index in [1.54, 1.807) is 19.2 Å². The van der Waals surface area contributed by atoms with Crippen molar-refractivity contribution < 1.29 is 14.3 Å². The minimum Gasteiger partial charge on any atom is -0.493 e. The molecule has 0 aromatic heterocycles. The molecule has 0 fully saturated rings. The summed E-state index contributed by atoms with van der Waals surface area (Å²) in [4.78, 5) is 14.0. The summed E-state index contributed by atoms with van der Waals surface area (Å²) >= 11 is 0. The van der Waals surface area contributed by atoms with Gasteiger partial charge in [-0.05, 0) is 38.2 Å². The monoisotopic (exact) mass is 294 g/mol. The van der Waals surface area contributed by atoms with Crippen LogP contribution in [0.25, 0.3) is 0 Å². The molecule has 0 aliphatic carbocycles. The molecule has 21 heavy (non-hydrogen) atoms. The summed E-state index contributed by atoms with van der Waals surface area (Å²) in [7, 11) is 1.58. The Kier molecular flexibility index (Phi) is 8.28. The molecular weight excluding hydrogens is 268 g/mol. The zero-order valence-electron chi connectivity index (χ0n) is 13.2. The molecule has 0 aliphatic rings. The Bertz CT molecular complexity index is 420. The van der Waals surface area contributed by atoms with Crippen LogP contribution in [-0.2, 0) is 4.79 Å². The van der Waals surface area contributed by atoms with Gasteiger partial charge in [0, 0.05) is 6.54 Å². The average Bonchev–Trinajstić information content (AvgIpc) is 2.53. The lowest BCUT2D eigenvalue weighted by Gasteiger charge is -2.17. The van der Waals surface area contributed by atoms with Crippen molar-refractivity contribution in [2.24, 2.45) is 0 Å². The van der Waals surface area contributed by atoms with E-state index in [1.807, 2.05) is 12.1 Å². The van der Waals surface area contributed by atoms with Gasteiger partial charge in [0.1, 0.15) is 0 Å². The van der Waals surface area contributed by atoms with Crippen LogP contribution < -0.4 is 14.8 Å². The van der Waals surface area contributed by atoms with Crippen molar-refractivity contribution in [2.45, 2.75) is 20.3 Å². The SMILES string of the molecule is CCN(CC)CCCNC(=O)COc1ccccc1OC. The third-order valence-electron chi connectivity index (χ3n) is 3.30. The molecule has 1 rings (SSSR count). The maximum Gasteiger partial charge on any atom is 0.257 e. The average molecular weight is 294 g/mol. The van der Waals surface area contributed by atoms with Crippen LogP contribution in [0.4, 0.5) is 0 Å². The number of methoxy groups -OCH3 is 1. The summed E-state index contributed by atoms with van der Waals surface area (Å²) in [6.07, 6.45) is 0.947. The topological polar surface area (TPSA) is 50.8 Å². The summed E-state index contributed by atoms with van der Waals surface area (Å²) < 4.78 is 10.6. The zero-order valence-corrected chi connectivity index (χ0v) is 13.2. The lowest BCUT2D eigenvalue weighted by Crippen LogP contribution is -2.32. The van der Waals surface area contributed by atoms with Crippen molar-refractivity contribution in [1.82, 2.24) is 10.2 Å². The maximum absolute atomic E-state index is 11.7. The van der Waals surface area contributed by atoms with Gasteiger partial charge in [-0.2, -0.15) is 0 Å². The number of amides is 1. The van der Waals surface area contributed by atoms with Crippen LogP contribution in [0.2, 0.25) is 0 Å². The van der Waals surface area contributed by atoms with E-state index in [1.165, 1.54) is 0 Å².